The van der Waals surface area contributed by atoms with Crippen molar-refractivity contribution in [1.29, 1.82) is 0 Å². The molecule has 2 aromatic carbocycles. The fourth-order valence-electron chi connectivity index (χ4n) is 3.63. The third-order valence-corrected chi connectivity index (χ3v) is 4.77. The Morgan fingerprint density at radius 1 is 1.04 bits per heavy atom. The number of hydrogen-bond acceptors (Lipinski definition) is 2. The van der Waals surface area contributed by atoms with Gasteiger partial charge in [-0.1, -0.05) is 29.8 Å². The molecule has 0 fully saturated rings. The lowest BCUT2D eigenvalue weighted by Gasteiger charge is -2.19. The van der Waals surface area contributed by atoms with E-state index in [0.29, 0.717) is 5.02 Å². The summed E-state index contributed by atoms with van der Waals surface area (Å²) in [6.45, 7) is 2.78. The Hall–Kier alpha value is -2.46. The molecule has 0 bridgehead atoms. The lowest BCUT2D eigenvalue weighted by Crippen LogP contribution is -2.36. The third-order valence-electron chi connectivity index (χ3n) is 4.54. The van der Waals surface area contributed by atoms with Gasteiger partial charge in [0.2, 0.25) is 0 Å². The number of nitrogens with zero attached hydrogens (tertiary/aromatic N) is 3. The minimum absolute atomic E-state index is 0.0112. The number of benzene rings is 2. The molecule has 2 aromatic heterocycles. The molecule has 2 heterocycles. The van der Waals surface area contributed by atoms with E-state index < -0.39 is 0 Å². The normalized spacial score (nSPS) is 11.7. The summed E-state index contributed by atoms with van der Waals surface area (Å²) in [5.41, 5.74) is 2.65. The van der Waals surface area contributed by atoms with Gasteiger partial charge < -0.3 is 9.58 Å². The van der Waals surface area contributed by atoms with Gasteiger partial charge >= 0.3 is 0 Å². The smallest absolute Gasteiger partial charge is 0.294 e. The van der Waals surface area contributed by atoms with E-state index in [4.69, 9.17) is 11.6 Å². The van der Waals surface area contributed by atoms with Crippen LogP contribution in [0.1, 0.15) is 6.92 Å². The zero-order chi connectivity index (χ0) is 17.0. The topological polar surface area (TPSA) is 30.2 Å². The summed E-state index contributed by atoms with van der Waals surface area (Å²) < 4.78 is 3.81. The number of pyridine rings is 1. The molecular weight excluding hydrogens is 322 g/mol. The first-order valence-corrected chi connectivity index (χ1v) is 8.35. The highest BCUT2D eigenvalue weighted by molar-refractivity contribution is 6.32. The average Bonchev–Trinajstić information content (AvgIpc) is 2.89. The number of hydrogen-bond donors (Lipinski definition) is 0. The Bertz CT molecular complexity index is 1150. The Morgan fingerprint density at radius 2 is 1.79 bits per heavy atom. The largest absolute Gasteiger partial charge is 0.336 e. The maximum absolute atomic E-state index is 13.3. The first-order valence-electron chi connectivity index (χ1n) is 7.97. The van der Waals surface area contributed by atoms with E-state index in [1.807, 2.05) is 55.5 Å². The van der Waals surface area contributed by atoms with Crippen LogP contribution >= 0.6 is 11.6 Å². The molecule has 0 N–H and O–H groups in total. The van der Waals surface area contributed by atoms with Crippen molar-refractivity contribution in [3.8, 4) is 0 Å². The molecule has 4 rings (SSSR count). The van der Waals surface area contributed by atoms with Gasteiger partial charge in [-0.15, -0.1) is 0 Å². The number of para-hydroxylation sites is 1. The Kier molecular flexibility index (Phi) is 3.32. The SMILES string of the molecule is CCn1c2ccc(Cl)cc2c2c3ccccc3n(N(C)C)c(=O)c21. The maximum Gasteiger partial charge on any atom is 0.294 e. The van der Waals surface area contributed by atoms with Crippen LogP contribution in [0.25, 0.3) is 32.7 Å². The second kappa shape index (κ2) is 5.28. The fourth-order valence-corrected chi connectivity index (χ4v) is 3.80. The van der Waals surface area contributed by atoms with Gasteiger partial charge in [0, 0.05) is 47.3 Å². The molecule has 0 aliphatic carbocycles. The zero-order valence-corrected chi connectivity index (χ0v) is 14.6. The van der Waals surface area contributed by atoms with Gasteiger partial charge in [0.05, 0.1) is 5.52 Å². The van der Waals surface area contributed by atoms with Crippen molar-refractivity contribution in [3.05, 3.63) is 57.8 Å². The van der Waals surface area contributed by atoms with Crippen LogP contribution < -0.4 is 10.6 Å². The molecule has 0 radical (unpaired) electrons. The summed E-state index contributed by atoms with van der Waals surface area (Å²) in [6.07, 6.45) is 0. The van der Waals surface area contributed by atoms with Crippen LogP contribution in [0.3, 0.4) is 0 Å². The quantitative estimate of drug-likeness (QED) is 0.553. The molecule has 4 aromatic rings. The summed E-state index contributed by atoms with van der Waals surface area (Å²) in [5.74, 6) is 0. The minimum atomic E-state index is -0.0112. The highest BCUT2D eigenvalue weighted by Crippen LogP contribution is 2.34. The van der Waals surface area contributed by atoms with E-state index in [9.17, 15) is 4.79 Å². The Balaban J connectivity index is 2.42. The number of aryl methyl sites for hydroxylation is 1. The van der Waals surface area contributed by atoms with Crippen LogP contribution in [0.4, 0.5) is 0 Å². The zero-order valence-electron chi connectivity index (χ0n) is 13.9. The van der Waals surface area contributed by atoms with Crippen molar-refractivity contribution in [1.82, 2.24) is 9.24 Å². The van der Waals surface area contributed by atoms with Crippen molar-refractivity contribution in [3.63, 3.8) is 0 Å². The molecule has 0 aliphatic heterocycles. The molecule has 0 aliphatic rings. The first-order chi connectivity index (χ1) is 11.5. The van der Waals surface area contributed by atoms with Crippen molar-refractivity contribution in [2.75, 3.05) is 19.1 Å². The second-order valence-electron chi connectivity index (χ2n) is 6.11. The number of halogens is 1. The van der Waals surface area contributed by atoms with Gasteiger partial charge in [0.25, 0.3) is 5.56 Å². The van der Waals surface area contributed by atoms with E-state index in [0.717, 1.165) is 39.3 Å². The lowest BCUT2D eigenvalue weighted by molar-refractivity contribution is 0.725. The van der Waals surface area contributed by atoms with Crippen LogP contribution in [-0.4, -0.2) is 23.3 Å². The summed E-state index contributed by atoms with van der Waals surface area (Å²) >= 11 is 6.24. The Labute approximate surface area is 144 Å². The van der Waals surface area contributed by atoms with E-state index in [2.05, 4.69) is 17.6 Å². The molecule has 0 amide bonds. The molecule has 24 heavy (non-hydrogen) atoms. The number of rotatable bonds is 2. The van der Waals surface area contributed by atoms with Crippen LogP contribution in [0.2, 0.25) is 5.02 Å². The highest BCUT2D eigenvalue weighted by atomic mass is 35.5. The molecule has 5 heteroatoms. The Morgan fingerprint density at radius 3 is 2.50 bits per heavy atom. The molecule has 0 atom stereocenters. The number of fused-ring (bicyclic) bond motifs is 5. The second-order valence-corrected chi connectivity index (χ2v) is 6.55. The third kappa shape index (κ3) is 1.89. The summed E-state index contributed by atoms with van der Waals surface area (Å²) in [5, 5.41) is 5.57. The summed E-state index contributed by atoms with van der Waals surface area (Å²) in [7, 11) is 3.77. The predicted octanol–water partition coefficient (Wildman–Crippen LogP) is 3.98. The van der Waals surface area contributed by atoms with Gasteiger partial charge in [-0.2, -0.15) is 0 Å². The molecule has 4 nitrogen and oxygen atoms in total. The van der Waals surface area contributed by atoms with E-state index in [1.54, 1.807) is 4.68 Å². The minimum Gasteiger partial charge on any atom is -0.336 e. The summed E-state index contributed by atoms with van der Waals surface area (Å²) in [4.78, 5) is 13.3. The lowest BCUT2D eigenvalue weighted by atomic mass is 10.1. The maximum atomic E-state index is 13.3. The van der Waals surface area contributed by atoms with E-state index in [-0.39, 0.29) is 5.56 Å². The van der Waals surface area contributed by atoms with Gasteiger partial charge in [0.1, 0.15) is 5.52 Å². The van der Waals surface area contributed by atoms with Crippen LogP contribution in [0.15, 0.2) is 47.3 Å². The molecule has 0 saturated carbocycles. The van der Waals surface area contributed by atoms with Crippen molar-refractivity contribution in [2.45, 2.75) is 13.5 Å². The van der Waals surface area contributed by atoms with E-state index >= 15 is 0 Å². The average molecular weight is 340 g/mol. The molecular formula is C19H18ClN3O. The van der Waals surface area contributed by atoms with Gasteiger partial charge in [-0.25, -0.2) is 4.68 Å². The van der Waals surface area contributed by atoms with Crippen LogP contribution in [-0.2, 0) is 6.54 Å². The van der Waals surface area contributed by atoms with Gasteiger partial charge in [0.15, 0.2) is 0 Å². The van der Waals surface area contributed by atoms with Crippen LogP contribution in [0, 0.1) is 0 Å². The monoisotopic (exact) mass is 339 g/mol. The molecule has 0 unspecified atom stereocenters. The predicted molar refractivity (Wildman–Crippen MR) is 102 cm³/mol. The highest BCUT2D eigenvalue weighted by Gasteiger charge is 2.19. The van der Waals surface area contributed by atoms with E-state index in [1.165, 1.54) is 0 Å². The van der Waals surface area contributed by atoms with Crippen molar-refractivity contribution < 1.29 is 0 Å². The fraction of sp³-hybridized carbons (Fsp3) is 0.211. The molecule has 0 spiro atoms. The van der Waals surface area contributed by atoms with Gasteiger partial charge in [-0.05, 0) is 31.2 Å². The van der Waals surface area contributed by atoms with Crippen LogP contribution in [0.5, 0.6) is 0 Å². The first kappa shape index (κ1) is 15.1. The van der Waals surface area contributed by atoms with Crippen molar-refractivity contribution in [2.24, 2.45) is 0 Å². The van der Waals surface area contributed by atoms with Crippen molar-refractivity contribution >= 4 is 44.3 Å². The molecule has 122 valence electrons. The van der Waals surface area contributed by atoms with Gasteiger partial charge in [-0.3, -0.25) is 4.79 Å². The number of aromatic nitrogens is 2. The molecule has 0 saturated heterocycles. The standard InChI is InChI=1S/C19H18ClN3O/c1-4-22-15-10-9-12(20)11-14(15)17-13-7-5-6-8-16(13)23(21(2)3)19(24)18(17)22/h5-11H,4H2,1-3H3. The summed E-state index contributed by atoms with van der Waals surface area (Å²) in [6, 6.07) is 13.8.